The Balaban J connectivity index is 2.30. The zero-order chi connectivity index (χ0) is 13.8. The molecule has 0 radical (unpaired) electrons. The number of para-hydroxylation sites is 2. The lowest BCUT2D eigenvalue weighted by molar-refractivity contribution is -0.121. The van der Waals surface area contributed by atoms with Crippen molar-refractivity contribution in [2.24, 2.45) is 5.73 Å². The molecule has 1 atom stereocenters. The van der Waals surface area contributed by atoms with Crippen molar-refractivity contribution in [1.29, 1.82) is 0 Å². The monoisotopic (exact) mass is 260 g/mol. The van der Waals surface area contributed by atoms with E-state index in [0.717, 1.165) is 23.4 Å². The van der Waals surface area contributed by atoms with Crippen LogP contribution in [-0.2, 0) is 11.3 Å². The smallest absolute Gasteiger partial charge is 0.221 e. The highest BCUT2D eigenvalue weighted by Crippen LogP contribution is 2.20. The number of nitrogens with zero attached hydrogens (tertiary/aromatic N) is 2. The number of benzene rings is 1. The molecule has 0 aliphatic heterocycles. The number of rotatable bonds is 5. The molecule has 102 valence electrons. The van der Waals surface area contributed by atoms with Gasteiger partial charge in [-0.25, -0.2) is 4.98 Å². The molecule has 0 fully saturated rings. The highest BCUT2D eigenvalue weighted by molar-refractivity contribution is 5.78. The van der Waals surface area contributed by atoms with Crippen molar-refractivity contribution < 1.29 is 4.79 Å². The van der Waals surface area contributed by atoms with E-state index in [-0.39, 0.29) is 11.9 Å². The molecule has 19 heavy (non-hydrogen) atoms. The van der Waals surface area contributed by atoms with Crippen molar-refractivity contribution in [2.75, 3.05) is 6.54 Å². The topological polar surface area (TPSA) is 72.9 Å². The number of aryl methyl sites for hydroxylation is 1. The molecule has 1 aromatic carbocycles. The van der Waals surface area contributed by atoms with Crippen molar-refractivity contribution in [3.8, 4) is 0 Å². The minimum absolute atomic E-state index is 0.0373. The van der Waals surface area contributed by atoms with E-state index in [4.69, 9.17) is 5.73 Å². The van der Waals surface area contributed by atoms with Crippen molar-refractivity contribution in [3.63, 3.8) is 0 Å². The molecule has 0 bridgehead atoms. The minimum Gasteiger partial charge on any atom is -0.346 e. The second kappa shape index (κ2) is 5.84. The van der Waals surface area contributed by atoms with Crippen LogP contribution < -0.4 is 11.1 Å². The van der Waals surface area contributed by atoms with Crippen LogP contribution in [0.5, 0.6) is 0 Å². The minimum atomic E-state index is -0.119. The van der Waals surface area contributed by atoms with Gasteiger partial charge >= 0.3 is 0 Å². The van der Waals surface area contributed by atoms with Crippen LogP contribution in [0.3, 0.4) is 0 Å². The van der Waals surface area contributed by atoms with Crippen molar-refractivity contribution in [1.82, 2.24) is 14.9 Å². The number of carbonyl (C=O) groups is 1. The third-order valence-corrected chi connectivity index (χ3v) is 3.14. The van der Waals surface area contributed by atoms with Crippen LogP contribution in [-0.4, -0.2) is 22.0 Å². The second-order valence-corrected chi connectivity index (χ2v) is 4.53. The van der Waals surface area contributed by atoms with E-state index < -0.39 is 0 Å². The van der Waals surface area contributed by atoms with E-state index in [9.17, 15) is 4.79 Å². The average Bonchev–Trinajstić information content (AvgIpc) is 2.77. The summed E-state index contributed by atoms with van der Waals surface area (Å²) < 4.78 is 2.13. The van der Waals surface area contributed by atoms with Gasteiger partial charge in [0.25, 0.3) is 0 Å². The first kappa shape index (κ1) is 13.5. The van der Waals surface area contributed by atoms with Crippen LogP contribution in [0.15, 0.2) is 24.3 Å². The molecule has 0 spiro atoms. The summed E-state index contributed by atoms with van der Waals surface area (Å²) in [6.45, 7) is 5.21. The average molecular weight is 260 g/mol. The van der Waals surface area contributed by atoms with Gasteiger partial charge in [-0.15, -0.1) is 0 Å². The lowest BCUT2D eigenvalue weighted by atomic mass is 10.3. The highest BCUT2D eigenvalue weighted by atomic mass is 16.1. The summed E-state index contributed by atoms with van der Waals surface area (Å²) in [5.74, 6) is 0.846. The maximum atomic E-state index is 11.6. The summed E-state index contributed by atoms with van der Waals surface area (Å²) in [6, 6.07) is 7.88. The van der Waals surface area contributed by atoms with Gasteiger partial charge in [-0.3, -0.25) is 4.79 Å². The second-order valence-electron chi connectivity index (χ2n) is 4.53. The molecule has 0 saturated heterocycles. The van der Waals surface area contributed by atoms with Gasteiger partial charge in [-0.2, -0.15) is 0 Å². The molecule has 1 heterocycles. The molecular formula is C14H20N4O. The summed E-state index contributed by atoms with van der Waals surface area (Å²) in [5.41, 5.74) is 7.43. The summed E-state index contributed by atoms with van der Waals surface area (Å²) >= 11 is 0. The van der Waals surface area contributed by atoms with Crippen LogP contribution in [0.1, 0.15) is 32.1 Å². The van der Waals surface area contributed by atoms with Gasteiger partial charge in [0.15, 0.2) is 0 Å². The highest BCUT2D eigenvalue weighted by Gasteiger charge is 2.16. The largest absolute Gasteiger partial charge is 0.346 e. The number of fused-ring (bicyclic) bond motifs is 1. The normalized spacial score (nSPS) is 12.6. The molecule has 0 saturated carbocycles. The standard InChI is InChI=1S/C14H20N4O/c1-3-18-12-7-5-4-6-11(12)17-14(18)10(2)16-13(19)8-9-15/h4-7,10H,3,8-9,15H2,1-2H3,(H,16,19). The van der Waals surface area contributed by atoms with Crippen molar-refractivity contribution in [3.05, 3.63) is 30.1 Å². The van der Waals surface area contributed by atoms with Crippen LogP contribution in [0.25, 0.3) is 11.0 Å². The van der Waals surface area contributed by atoms with Gasteiger partial charge in [-0.1, -0.05) is 12.1 Å². The third kappa shape index (κ3) is 2.76. The molecule has 0 aliphatic rings. The van der Waals surface area contributed by atoms with Gasteiger partial charge in [0, 0.05) is 19.5 Å². The predicted octanol–water partition coefficient (Wildman–Crippen LogP) is 1.58. The summed E-state index contributed by atoms with van der Waals surface area (Å²) in [7, 11) is 0. The first-order valence-electron chi connectivity index (χ1n) is 6.62. The molecule has 5 heteroatoms. The van der Waals surface area contributed by atoms with E-state index in [1.54, 1.807) is 0 Å². The van der Waals surface area contributed by atoms with Crippen molar-refractivity contribution in [2.45, 2.75) is 32.9 Å². The Morgan fingerprint density at radius 2 is 2.21 bits per heavy atom. The molecule has 1 amide bonds. The molecule has 1 unspecified atom stereocenters. The quantitative estimate of drug-likeness (QED) is 0.857. The Labute approximate surface area is 112 Å². The van der Waals surface area contributed by atoms with Gasteiger partial charge in [0.1, 0.15) is 5.82 Å². The number of hydrogen-bond donors (Lipinski definition) is 2. The van der Waals surface area contributed by atoms with Gasteiger partial charge in [0.2, 0.25) is 5.91 Å². The number of aromatic nitrogens is 2. The lowest BCUT2D eigenvalue weighted by Gasteiger charge is -2.15. The number of hydrogen-bond acceptors (Lipinski definition) is 3. The van der Waals surface area contributed by atoms with E-state index in [1.165, 1.54) is 0 Å². The maximum Gasteiger partial charge on any atom is 0.221 e. The van der Waals surface area contributed by atoms with Crippen LogP contribution in [0, 0.1) is 0 Å². The van der Waals surface area contributed by atoms with Crippen LogP contribution in [0.4, 0.5) is 0 Å². The summed E-state index contributed by atoms with van der Waals surface area (Å²) in [4.78, 5) is 16.2. The number of nitrogens with one attached hydrogen (secondary N) is 1. The Morgan fingerprint density at radius 3 is 2.89 bits per heavy atom. The van der Waals surface area contributed by atoms with Crippen LogP contribution in [0.2, 0.25) is 0 Å². The molecular weight excluding hydrogens is 240 g/mol. The molecule has 2 rings (SSSR count). The first-order valence-corrected chi connectivity index (χ1v) is 6.62. The Morgan fingerprint density at radius 1 is 1.47 bits per heavy atom. The molecule has 1 aromatic heterocycles. The number of carbonyl (C=O) groups excluding carboxylic acids is 1. The fraction of sp³-hybridized carbons (Fsp3) is 0.429. The first-order chi connectivity index (χ1) is 9.17. The van der Waals surface area contributed by atoms with E-state index >= 15 is 0 Å². The molecule has 3 N–H and O–H groups in total. The molecule has 2 aromatic rings. The molecule has 5 nitrogen and oxygen atoms in total. The van der Waals surface area contributed by atoms with Gasteiger partial charge < -0.3 is 15.6 Å². The Bertz CT molecular complexity index is 576. The number of amides is 1. The SMILES string of the molecule is CCn1c(C(C)NC(=O)CCN)nc2ccccc21. The molecule has 0 aliphatic carbocycles. The van der Waals surface area contributed by atoms with Gasteiger partial charge in [0.05, 0.1) is 17.1 Å². The zero-order valence-electron chi connectivity index (χ0n) is 11.4. The maximum absolute atomic E-state index is 11.6. The fourth-order valence-corrected chi connectivity index (χ4v) is 2.27. The number of imidazole rings is 1. The Hall–Kier alpha value is -1.88. The summed E-state index contributed by atoms with van der Waals surface area (Å²) in [6.07, 6.45) is 0.344. The predicted molar refractivity (Wildman–Crippen MR) is 75.6 cm³/mol. The Kier molecular flexibility index (Phi) is 4.16. The number of nitrogens with two attached hydrogens (primary N) is 1. The van der Waals surface area contributed by atoms with Crippen molar-refractivity contribution >= 4 is 16.9 Å². The van der Waals surface area contributed by atoms with E-state index in [1.807, 2.05) is 31.2 Å². The zero-order valence-corrected chi connectivity index (χ0v) is 11.4. The van der Waals surface area contributed by atoms with E-state index in [2.05, 4.69) is 21.8 Å². The fourth-order valence-electron chi connectivity index (χ4n) is 2.27. The van der Waals surface area contributed by atoms with E-state index in [0.29, 0.717) is 13.0 Å². The third-order valence-electron chi connectivity index (χ3n) is 3.14. The van der Waals surface area contributed by atoms with Crippen LogP contribution >= 0.6 is 0 Å². The summed E-state index contributed by atoms with van der Waals surface area (Å²) in [5, 5.41) is 2.93. The van der Waals surface area contributed by atoms with Gasteiger partial charge in [-0.05, 0) is 26.0 Å². The lowest BCUT2D eigenvalue weighted by Crippen LogP contribution is -2.30.